The van der Waals surface area contributed by atoms with E-state index in [2.05, 4.69) is 16.8 Å². The van der Waals surface area contributed by atoms with E-state index in [1.54, 1.807) is 0 Å². The summed E-state index contributed by atoms with van der Waals surface area (Å²) < 4.78 is 0. The molecule has 0 atom stereocenters. The molecule has 5 nitrogen and oxygen atoms in total. The van der Waals surface area contributed by atoms with Crippen molar-refractivity contribution in [2.24, 2.45) is 5.92 Å². The zero-order valence-corrected chi connectivity index (χ0v) is 18.2. The minimum absolute atomic E-state index is 0.0569. The molecule has 1 aromatic rings. The number of amides is 1. The molecule has 0 aromatic heterocycles. The second-order valence-corrected chi connectivity index (χ2v) is 8.74. The first-order valence-corrected chi connectivity index (χ1v) is 11.4. The molecule has 2 saturated heterocycles. The van der Waals surface area contributed by atoms with Gasteiger partial charge in [-0.05, 0) is 71.8 Å². The van der Waals surface area contributed by atoms with Gasteiger partial charge in [0, 0.05) is 37.5 Å². The van der Waals surface area contributed by atoms with E-state index in [9.17, 15) is 9.59 Å². The highest BCUT2D eigenvalue weighted by Gasteiger charge is 2.28. The number of ketones is 1. The van der Waals surface area contributed by atoms with Crippen LogP contribution in [0.15, 0.2) is 30.3 Å². The van der Waals surface area contributed by atoms with Gasteiger partial charge >= 0.3 is 0 Å². The molecule has 0 bridgehead atoms. The number of piperidine rings is 2. The summed E-state index contributed by atoms with van der Waals surface area (Å²) in [5.74, 6) is 0.766. The minimum atomic E-state index is 0.0569. The molecule has 160 valence electrons. The lowest BCUT2D eigenvalue weighted by Crippen LogP contribution is -2.48. The van der Waals surface area contributed by atoms with Gasteiger partial charge in [0.15, 0.2) is 5.78 Å². The summed E-state index contributed by atoms with van der Waals surface area (Å²) in [6.45, 7) is 8.37. The molecular weight excluding hydrogens is 362 g/mol. The monoisotopic (exact) mass is 399 g/mol. The maximum Gasteiger partial charge on any atom is 0.223 e. The van der Waals surface area contributed by atoms with Gasteiger partial charge in [-0.3, -0.25) is 9.59 Å². The summed E-state index contributed by atoms with van der Waals surface area (Å²) in [5, 5.41) is 0. The number of carbonyl (C=O) groups is 2. The maximum absolute atomic E-state index is 12.7. The van der Waals surface area contributed by atoms with Gasteiger partial charge in [0.05, 0.1) is 0 Å². The van der Waals surface area contributed by atoms with E-state index in [0.29, 0.717) is 24.3 Å². The summed E-state index contributed by atoms with van der Waals surface area (Å²) in [7, 11) is 2.21. The third kappa shape index (κ3) is 6.38. The highest BCUT2D eigenvalue weighted by molar-refractivity contribution is 5.97. The Hall–Kier alpha value is -1.72. The standard InChI is InChI=1S/C24H37N3O2/c1-3-26(24(29)10-9-23(28)21-7-5-4-6-8-21)19-20-11-17-27(18-12-20)22-13-15-25(2)16-14-22/h4-8,20,22H,3,9-19H2,1-2H3. The molecule has 2 fully saturated rings. The molecule has 1 aromatic carbocycles. The maximum atomic E-state index is 12.7. The highest BCUT2D eigenvalue weighted by atomic mass is 16.2. The van der Waals surface area contributed by atoms with Gasteiger partial charge in [0.2, 0.25) is 5.91 Å². The molecule has 2 aliphatic heterocycles. The van der Waals surface area contributed by atoms with Crippen LogP contribution in [-0.4, -0.2) is 78.7 Å². The average molecular weight is 400 g/mol. The van der Waals surface area contributed by atoms with Gasteiger partial charge in [-0.25, -0.2) is 0 Å². The summed E-state index contributed by atoms with van der Waals surface area (Å²) in [6, 6.07) is 10.0. The second-order valence-electron chi connectivity index (χ2n) is 8.74. The molecular formula is C24H37N3O2. The molecule has 3 rings (SSSR count). The van der Waals surface area contributed by atoms with E-state index in [-0.39, 0.29) is 11.7 Å². The number of likely N-dealkylation sites (tertiary alicyclic amines) is 2. The van der Waals surface area contributed by atoms with Crippen LogP contribution >= 0.6 is 0 Å². The molecule has 1 amide bonds. The Morgan fingerprint density at radius 3 is 2.24 bits per heavy atom. The lowest BCUT2D eigenvalue weighted by molar-refractivity contribution is -0.131. The molecule has 0 N–H and O–H groups in total. The van der Waals surface area contributed by atoms with Crippen LogP contribution in [0.5, 0.6) is 0 Å². The molecule has 5 heteroatoms. The summed E-state index contributed by atoms with van der Waals surface area (Å²) in [6.07, 6.45) is 5.55. The molecule has 0 aliphatic carbocycles. The van der Waals surface area contributed by atoms with Gasteiger partial charge in [0.1, 0.15) is 0 Å². The summed E-state index contributed by atoms with van der Waals surface area (Å²) >= 11 is 0. The Kier molecular flexibility index (Phi) is 8.25. The third-order valence-corrected chi connectivity index (χ3v) is 6.73. The Balaban J connectivity index is 1.40. The van der Waals surface area contributed by atoms with Gasteiger partial charge in [0.25, 0.3) is 0 Å². The molecule has 2 aliphatic rings. The van der Waals surface area contributed by atoms with Crippen LogP contribution in [0, 0.1) is 5.92 Å². The van der Waals surface area contributed by atoms with Crippen molar-refractivity contribution in [3.05, 3.63) is 35.9 Å². The van der Waals surface area contributed by atoms with Crippen molar-refractivity contribution >= 4 is 11.7 Å². The fourth-order valence-electron chi connectivity index (χ4n) is 4.73. The lowest BCUT2D eigenvalue weighted by Gasteiger charge is -2.41. The predicted molar refractivity (Wildman–Crippen MR) is 117 cm³/mol. The van der Waals surface area contributed by atoms with Gasteiger partial charge < -0.3 is 14.7 Å². The number of benzene rings is 1. The summed E-state index contributed by atoms with van der Waals surface area (Å²) in [4.78, 5) is 32.0. The van der Waals surface area contributed by atoms with Crippen molar-refractivity contribution in [1.29, 1.82) is 0 Å². The van der Waals surface area contributed by atoms with E-state index >= 15 is 0 Å². The quantitative estimate of drug-likeness (QED) is 0.629. The Bertz CT molecular complexity index is 647. The van der Waals surface area contributed by atoms with Crippen LogP contribution < -0.4 is 0 Å². The first kappa shape index (κ1) is 22.0. The van der Waals surface area contributed by atoms with Gasteiger partial charge in [-0.15, -0.1) is 0 Å². The number of rotatable bonds is 8. The SMILES string of the molecule is CCN(CC1CCN(C2CCN(C)CC2)CC1)C(=O)CCC(=O)c1ccccc1. The highest BCUT2D eigenvalue weighted by Crippen LogP contribution is 2.24. The summed E-state index contributed by atoms with van der Waals surface area (Å²) in [5.41, 5.74) is 0.699. The number of nitrogens with zero attached hydrogens (tertiary/aromatic N) is 3. The van der Waals surface area contributed by atoms with Crippen molar-refractivity contribution in [1.82, 2.24) is 14.7 Å². The zero-order valence-electron chi connectivity index (χ0n) is 18.2. The van der Waals surface area contributed by atoms with E-state index in [0.717, 1.165) is 32.2 Å². The van der Waals surface area contributed by atoms with Crippen molar-refractivity contribution in [3.63, 3.8) is 0 Å². The van der Waals surface area contributed by atoms with Crippen molar-refractivity contribution in [2.75, 3.05) is 46.3 Å². The fraction of sp³-hybridized carbons (Fsp3) is 0.667. The van der Waals surface area contributed by atoms with Gasteiger partial charge in [-0.2, -0.15) is 0 Å². The van der Waals surface area contributed by atoms with E-state index in [1.165, 1.54) is 38.8 Å². The molecule has 0 unspecified atom stereocenters. The second kappa shape index (κ2) is 10.9. The van der Waals surface area contributed by atoms with Crippen LogP contribution in [0.4, 0.5) is 0 Å². The first-order chi connectivity index (χ1) is 14.1. The van der Waals surface area contributed by atoms with Gasteiger partial charge in [-0.1, -0.05) is 30.3 Å². The molecule has 29 heavy (non-hydrogen) atoms. The first-order valence-electron chi connectivity index (χ1n) is 11.4. The van der Waals surface area contributed by atoms with Crippen LogP contribution in [0.2, 0.25) is 0 Å². The van der Waals surface area contributed by atoms with E-state index < -0.39 is 0 Å². The lowest BCUT2D eigenvalue weighted by atomic mass is 9.93. The number of hydrogen-bond acceptors (Lipinski definition) is 4. The van der Waals surface area contributed by atoms with Crippen LogP contribution in [0.25, 0.3) is 0 Å². The van der Waals surface area contributed by atoms with Crippen molar-refractivity contribution in [2.45, 2.75) is 51.5 Å². The van der Waals surface area contributed by atoms with Crippen molar-refractivity contribution in [3.8, 4) is 0 Å². The normalized spacial score (nSPS) is 19.9. The Morgan fingerprint density at radius 1 is 0.966 bits per heavy atom. The number of hydrogen-bond donors (Lipinski definition) is 0. The average Bonchev–Trinajstić information content (AvgIpc) is 2.77. The molecule has 0 spiro atoms. The van der Waals surface area contributed by atoms with Crippen molar-refractivity contribution < 1.29 is 9.59 Å². The molecule has 2 heterocycles. The van der Waals surface area contributed by atoms with Crippen LogP contribution in [0.1, 0.15) is 55.8 Å². The van der Waals surface area contributed by atoms with Crippen LogP contribution in [-0.2, 0) is 4.79 Å². The van der Waals surface area contributed by atoms with Crippen LogP contribution in [0.3, 0.4) is 0 Å². The fourth-order valence-corrected chi connectivity index (χ4v) is 4.73. The number of carbonyl (C=O) groups excluding carboxylic acids is 2. The topological polar surface area (TPSA) is 43.9 Å². The number of Topliss-reactive ketones (excluding diaryl/α,β-unsaturated/α-hetero) is 1. The van der Waals surface area contributed by atoms with E-state index in [4.69, 9.17) is 0 Å². The predicted octanol–water partition coefficient (Wildman–Crippen LogP) is 3.30. The largest absolute Gasteiger partial charge is 0.343 e. The molecule has 0 radical (unpaired) electrons. The molecule has 0 saturated carbocycles. The smallest absolute Gasteiger partial charge is 0.223 e. The Labute approximate surface area is 176 Å². The van der Waals surface area contributed by atoms with E-state index in [1.807, 2.05) is 42.2 Å². The zero-order chi connectivity index (χ0) is 20.6. The minimum Gasteiger partial charge on any atom is -0.343 e. The Morgan fingerprint density at radius 2 is 1.62 bits per heavy atom. The third-order valence-electron chi connectivity index (χ3n) is 6.73.